The van der Waals surface area contributed by atoms with E-state index in [1.54, 1.807) is 47.0 Å². The van der Waals surface area contributed by atoms with Crippen LogP contribution in [0.15, 0.2) is 53.6 Å². The first kappa shape index (κ1) is 21.8. The van der Waals surface area contributed by atoms with Gasteiger partial charge in [0, 0.05) is 34.8 Å². The molecule has 0 unspecified atom stereocenters. The molecule has 0 saturated heterocycles. The van der Waals surface area contributed by atoms with Crippen molar-refractivity contribution in [3.05, 3.63) is 35.4 Å². The Balaban J connectivity index is 2.66. The van der Waals surface area contributed by atoms with Crippen LogP contribution in [0.4, 0.5) is 0 Å². The van der Waals surface area contributed by atoms with E-state index in [-0.39, 0.29) is 5.41 Å². The Morgan fingerprint density at radius 3 is 1.04 bits per heavy atom. The lowest BCUT2D eigenvalue weighted by molar-refractivity contribution is 0.628. The van der Waals surface area contributed by atoms with Crippen LogP contribution < -0.4 is 0 Å². The second-order valence-corrected chi connectivity index (χ2v) is 10.4. The van der Waals surface area contributed by atoms with Crippen molar-refractivity contribution in [1.29, 1.82) is 0 Å². The van der Waals surface area contributed by atoms with Crippen LogP contribution in [0.25, 0.3) is 0 Å². The van der Waals surface area contributed by atoms with E-state index in [4.69, 9.17) is 25.3 Å². The van der Waals surface area contributed by atoms with Crippen LogP contribution in [0.5, 0.6) is 0 Å². The molecule has 0 aromatic heterocycles. The molecule has 0 fully saturated rings. The van der Waals surface area contributed by atoms with Crippen molar-refractivity contribution in [2.45, 2.75) is 48.6 Å². The maximum Gasteiger partial charge on any atom is 0.0313 e. The zero-order valence-electron chi connectivity index (χ0n) is 15.3. The first-order valence-corrected chi connectivity index (χ1v) is 13.5. The van der Waals surface area contributed by atoms with E-state index in [1.165, 1.54) is 30.7 Å². The summed E-state index contributed by atoms with van der Waals surface area (Å²) in [6.45, 7) is 4.60. The molecule has 0 N–H and O–H groups in total. The number of thiol groups is 2. The van der Waals surface area contributed by atoms with Gasteiger partial charge in [0.05, 0.1) is 0 Å². The first-order chi connectivity index (χ1) is 11.8. The number of benzene rings is 2. The quantitative estimate of drug-likeness (QED) is 0.350. The Morgan fingerprint density at radius 2 is 0.840 bits per heavy atom. The lowest BCUT2D eigenvalue weighted by Gasteiger charge is -2.29. The van der Waals surface area contributed by atoms with Crippen LogP contribution in [0.3, 0.4) is 0 Å². The fourth-order valence-corrected chi connectivity index (χ4v) is 6.35. The predicted molar refractivity (Wildman–Crippen MR) is 127 cm³/mol. The minimum atomic E-state index is -0.0904. The van der Waals surface area contributed by atoms with Crippen LogP contribution in [0.2, 0.25) is 0 Å². The van der Waals surface area contributed by atoms with E-state index in [1.807, 2.05) is 0 Å². The van der Waals surface area contributed by atoms with Crippen molar-refractivity contribution < 1.29 is 0 Å². The molecule has 25 heavy (non-hydrogen) atoms. The van der Waals surface area contributed by atoms with E-state index < -0.39 is 0 Å². The predicted octanol–water partition coefficient (Wildman–Crippen LogP) is 7.48. The van der Waals surface area contributed by atoms with Gasteiger partial charge in [-0.25, -0.2) is 0 Å². The van der Waals surface area contributed by atoms with Crippen LogP contribution >= 0.6 is 72.3 Å². The molecule has 6 heteroatoms. The third kappa shape index (κ3) is 4.52. The van der Waals surface area contributed by atoms with Crippen molar-refractivity contribution >= 4 is 72.3 Å². The second kappa shape index (κ2) is 9.16. The van der Waals surface area contributed by atoms with Crippen LogP contribution in [-0.4, -0.2) is 25.0 Å². The summed E-state index contributed by atoms with van der Waals surface area (Å²) in [4.78, 5) is 7.11. The van der Waals surface area contributed by atoms with Gasteiger partial charge in [0.1, 0.15) is 0 Å². The molecule has 0 radical (unpaired) electrons. The fraction of sp³-hybridized carbons (Fsp3) is 0.368. The number of hydrogen-bond acceptors (Lipinski definition) is 6. The largest absolute Gasteiger partial charge is 0.141 e. The molecule has 136 valence electrons. The molecule has 0 heterocycles. The summed E-state index contributed by atoms with van der Waals surface area (Å²) < 4.78 is 0. The molecule has 0 nitrogen and oxygen atoms in total. The van der Waals surface area contributed by atoms with E-state index in [2.05, 4.69) is 63.1 Å². The zero-order chi connectivity index (χ0) is 18.8. The zero-order valence-corrected chi connectivity index (χ0v) is 20.4. The summed E-state index contributed by atoms with van der Waals surface area (Å²) in [5.74, 6) is 0. The molecule has 0 saturated carbocycles. The summed E-state index contributed by atoms with van der Waals surface area (Å²) in [5, 5.41) is 0. The van der Waals surface area contributed by atoms with Crippen molar-refractivity contribution in [3.63, 3.8) is 0 Å². The third-order valence-electron chi connectivity index (χ3n) is 4.40. The van der Waals surface area contributed by atoms with Gasteiger partial charge >= 0.3 is 0 Å². The molecule has 0 spiro atoms. The smallest absolute Gasteiger partial charge is 0.0313 e. The van der Waals surface area contributed by atoms with E-state index >= 15 is 0 Å². The van der Waals surface area contributed by atoms with Gasteiger partial charge in [0.2, 0.25) is 0 Å². The summed E-state index contributed by atoms with van der Waals surface area (Å²) in [6.07, 6.45) is 8.46. The summed E-state index contributed by atoms with van der Waals surface area (Å²) in [5.41, 5.74) is 2.56. The normalized spacial score (nSPS) is 11.8. The van der Waals surface area contributed by atoms with Crippen LogP contribution in [0, 0.1) is 0 Å². The van der Waals surface area contributed by atoms with Gasteiger partial charge in [-0.2, -0.15) is 0 Å². The molecule has 2 aromatic rings. The maximum atomic E-state index is 4.72. The SMILES string of the molecule is CSc1cc(C(C)(C)c2cc(SC)c(S)c(SC)c2)cc(SC)c1S. The monoisotopic (exact) mass is 444 g/mol. The lowest BCUT2D eigenvalue weighted by atomic mass is 9.78. The van der Waals surface area contributed by atoms with Gasteiger partial charge in [-0.15, -0.1) is 72.3 Å². The van der Waals surface area contributed by atoms with Crippen LogP contribution in [-0.2, 0) is 5.41 Å². The van der Waals surface area contributed by atoms with Crippen molar-refractivity contribution in [2.75, 3.05) is 25.0 Å². The minimum Gasteiger partial charge on any atom is -0.141 e. The molecule has 2 rings (SSSR count). The first-order valence-electron chi connectivity index (χ1n) is 7.71. The number of thioether (sulfide) groups is 4. The average molecular weight is 445 g/mol. The molecule has 0 amide bonds. The Kier molecular flexibility index (Phi) is 8.00. The number of hydrogen-bond donors (Lipinski definition) is 2. The highest BCUT2D eigenvalue weighted by Crippen LogP contribution is 2.43. The molecule has 0 bridgehead atoms. The lowest BCUT2D eigenvalue weighted by Crippen LogP contribution is -2.19. The summed E-state index contributed by atoms with van der Waals surface area (Å²) >= 11 is 16.5. The average Bonchev–Trinajstić information content (AvgIpc) is 2.61. The Bertz CT molecular complexity index is 653. The van der Waals surface area contributed by atoms with Crippen molar-refractivity contribution in [2.24, 2.45) is 0 Å². The highest BCUT2D eigenvalue weighted by molar-refractivity contribution is 8.00. The van der Waals surface area contributed by atoms with Gasteiger partial charge in [0.25, 0.3) is 0 Å². The van der Waals surface area contributed by atoms with Gasteiger partial charge in [-0.05, 0) is 60.4 Å². The fourth-order valence-electron chi connectivity index (χ4n) is 2.68. The van der Waals surface area contributed by atoms with Gasteiger partial charge in [-0.3, -0.25) is 0 Å². The Hall–Kier alpha value is 0.540. The molecule has 2 aromatic carbocycles. The minimum absolute atomic E-state index is 0.0904. The van der Waals surface area contributed by atoms with Gasteiger partial charge in [-0.1, -0.05) is 13.8 Å². The van der Waals surface area contributed by atoms with Crippen molar-refractivity contribution in [3.8, 4) is 0 Å². The molecule has 0 aliphatic heterocycles. The summed E-state index contributed by atoms with van der Waals surface area (Å²) in [6, 6.07) is 9.16. The van der Waals surface area contributed by atoms with E-state index in [9.17, 15) is 0 Å². The van der Waals surface area contributed by atoms with Crippen LogP contribution in [0.1, 0.15) is 25.0 Å². The highest BCUT2D eigenvalue weighted by atomic mass is 32.2. The molecular formula is C19H24S6. The topological polar surface area (TPSA) is 0 Å². The number of rotatable bonds is 6. The summed E-state index contributed by atoms with van der Waals surface area (Å²) in [7, 11) is 0. The molecule has 0 atom stereocenters. The maximum absolute atomic E-state index is 4.72. The second-order valence-electron chi connectivity index (χ2n) is 6.08. The Labute approximate surface area is 180 Å². The molecule has 0 aliphatic rings. The Morgan fingerprint density at radius 1 is 0.600 bits per heavy atom. The van der Waals surface area contributed by atoms with Crippen molar-refractivity contribution in [1.82, 2.24) is 0 Å². The van der Waals surface area contributed by atoms with E-state index in [0.717, 1.165) is 9.79 Å². The highest BCUT2D eigenvalue weighted by Gasteiger charge is 2.27. The standard InChI is InChI=1S/C19H24S6/c1-19(2,11-7-13(22-3)17(20)14(8-11)23-4)12-9-15(24-5)18(21)16(10-12)25-6/h7-10,20-21H,1-6H3. The van der Waals surface area contributed by atoms with Gasteiger partial charge < -0.3 is 0 Å². The van der Waals surface area contributed by atoms with E-state index in [0.29, 0.717) is 0 Å². The van der Waals surface area contributed by atoms with Gasteiger partial charge in [0.15, 0.2) is 0 Å². The molecule has 0 aliphatic carbocycles. The molecular weight excluding hydrogens is 421 g/mol. The third-order valence-corrected chi connectivity index (χ3v) is 9.02.